The summed E-state index contributed by atoms with van der Waals surface area (Å²) in [7, 11) is 0. The van der Waals surface area contributed by atoms with Crippen molar-refractivity contribution in [3.63, 3.8) is 0 Å². The van der Waals surface area contributed by atoms with Gasteiger partial charge in [0.2, 0.25) is 0 Å². The Morgan fingerprint density at radius 2 is 2.00 bits per heavy atom. The molecule has 102 valence electrons. The average Bonchev–Trinajstić information content (AvgIpc) is 2.79. The molecule has 0 aliphatic carbocycles. The summed E-state index contributed by atoms with van der Waals surface area (Å²) in [5, 5.41) is 6.32. The van der Waals surface area contributed by atoms with E-state index in [0.717, 1.165) is 13.0 Å². The summed E-state index contributed by atoms with van der Waals surface area (Å²) < 4.78 is 9.44. The van der Waals surface area contributed by atoms with Gasteiger partial charge in [0.25, 0.3) is 0 Å². The zero-order valence-electron chi connectivity index (χ0n) is 12.0. The van der Waals surface area contributed by atoms with E-state index in [1.807, 2.05) is 0 Å². The van der Waals surface area contributed by atoms with Crippen molar-refractivity contribution in [2.75, 3.05) is 6.61 Å². The molecule has 1 fully saturated rings. The van der Waals surface area contributed by atoms with Gasteiger partial charge in [0, 0.05) is 0 Å². The third-order valence-corrected chi connectivity index (χ3v) is 8.86. The molecule has 1 unspecified atom stereocenters. The van der Waals surface area contributed by atoms with Crippen molar-refractivity contribution >= 4 is 33.0 Å². The Labute approximate surface area is 118 Å². The second-order valence-corrected chi connectivity index (χ2v) is 20.6. The number of rotatable bonds is 2. The maximum atomic E-state index is 5.92. The van der Waals surface area contributed by atoms with Crippen LogP contribution in [0.25, 0.3) is 10.9 Å². The number of nitrogens with zero attached hydrogens (tertiary/aromatic N) is 2. The van der Waals surface area contributed by atoms with E-state index < -0.39 is 18.4 Å². The van der Waals surface area contributed by atoms with Gasteiger partial charge < -0.3 is 0 Å². The topological polar surface area (TPSA) is 27.1 Å². The first-order valence-electron chi connectivity index (χ1n) is 7.17. The molecular weight excluding hydrogens is 343 g/mol. The molecule has 0 radical (unpaired) electrons. The van der Waals surface area contributed by atoms with Gasteiger partial charge in [-0.15, -0.1) is 0 Å². The minimum absolute atomic E-state index is 0.140. The zero-order valence-corrected chi connectivity index (χ0v) is 14.9. The maximum absolute atomic E-state index is 5.92. The Bertz CT molecular complexity index is 579. The fourth-order valence-electron chi connectivity index (χ4n) is 2.78. The molecule has 0 saturated carbocycles. The molecule has 2 aromatic rings. The van der Waals surface area contributed by atoms with E-state index in [1.54, 1.807) is 0 Å². The van der Waals surface area contributed by atoms with Crippen LogP contribution < -0.4 is 3.71 Å². The summed E-state index contributed by atoms with van der Waals surface area (Å²) >= 11 is -2.19. The summed E-state index contributed by atoms with van der Waals surface area (Å²) in [5.74, 6) is 0. The summed E-state index contributed by atoms with van der Waals surface area (Å²) in [4.78, 5) is 7.28. The number of aromatic nitrogens is 2. The van der Waals surface area contributed by atoms with Crippen LogP contribution in [0, 0.1) is 0 Å². The fourth-order valence-corrected chi connectivity index (χ4v) is 6.85. The fraction of sp³-hybridized carbons (Fsp3) is 0.533. The van der Waals surface area contributed by atoms with Crippen molar-refractivity contribution in [2.24, 2.45) is 0 Å². The molecule has 3 nitrogen and oxygen atoms in total. The van der Waals surface area contributed by atoms with Crippen LogP contribution >= 0.6 is 0 Å². The molecule has 19 heavy (non-hydrogen) atoms. The second-order valence-electron chi connectivity index (χ2n) is 6.38. The van der Waals surface area contributed by atoms with Crippen molar-refractivity contribution < 1.29 is 4.74 Å². The van der Waals surface area contributed by atoms with Crippen LogP contribution in [-0.4, -0.2) is 34.8 Å². The molecule has 2 heterocycles. The molecule has 4 heteroatoms. The SMILES string of the molecule is [CH3][Sn]([CH3])([CH3])[c]1nn(C2CCCCO2)c2ccccc12. The Balaban J connectivity index is 2.14. The summed E-state index contributed by atoms with van der Waals surface area (Å²) in [6.45, 7) is 0.868. The first-order valence-corrected chi connectivity index (χ1v) is 17.2. The summed E-state index contributed by atoms with van der Waals surface area (Å²) in [6, 6.07) is 8.63. The number of hydrogen-bond donors (Lipinski definition) is 0. The van der Waals surface area contributed by atoms with Crippen molar-refractivity contribution in [3.05, 3.63) is 24.3 Å². The van der Waals surface area contributed by atoms with E-state index in [0.29, 0.717) is 0 Å². The quantitative estimate of drug-likeness (QED) is 0.764. The van der Waals surface area contributed by atoms with E-state index in [1.165, 1.54) is 27.5 Å². The Morgan fingerprint density at radius 3 is 2.68 bits per heavy atom. The molecule has 3 rings (SSSR count). The summed E-state index contributed by atoms with van der Waals surface area (Å²) in [6.07, 6.45) is 3.65. The van der Waals surface area contributed by atoms with Gasteiger partial charge in [-0.1, -0.05) is 0 Å². The zero-order chi connectivity index (χ0) is 13.5. The van der Waals surface area contributed by atoms with Crippen LogP contribution in [0.3, 0.4) is 0 Å². The summed E-state index contributed by atoms with van der Waals surface area (Å²) in [5.41, 5.74) is 1.25. The van der Waals surface area contributed by atoms with Crippen LogP contribution in [-0.2, 0) is 4.74 Å². The van der Waals surface area contributed by atoms with Crippen molar-refractivity contribution in [3.8, 4) is 0 Å². The Kier molecular flexibility index (Phi) is 3.60. The predicted octanol–water partition coefficient (Wildman–Crippen LogP) is 3.28. The Hall–Kier alpha value is -0.551. The third kappa shape index (κ3) is 2.55. The van der Waals surface area contributed by atoms with E-state index in [2.05, 4.69) is 43.8 Å². The molecule has 1 saturated heterocycles. The number of para-hydroxylation sites is 1. The molecule has 1 aliphatic rings. The van der Waals surface area contributed by atoms with E-state index in [4.69, 9.17) is 9.84 Å². The van der Waals surface area contributed by atoms with Gasteiger partial charge in [-0.3, -0.25) is 0 Å². The molecule has 1 aromatic heterocycles. The van der Waals surface area contributed by atoms with Crippen molar-refractivity contribution in [1.29, 1.82) is 0 Å². The average molecular weight is 365 g/mol. The van der Waals surface area contributed by atoms with Crippen molar-refractivity contribution in [1.82, 2.24) is 9.78 Å². The molecular formula is C15H22N2OSn. The molecule has 0 bridgehead atoms. The monoisotopic (exact) mass is 366 g/mol. The van der Waals surface area contributed by atoms with Crippen molar-refractivity contribution in [2.45, 2.75) is 40.3 Å². The molecule has 1 atom stereocenters. The molecule has 0 N–H and O–H groups in total. The number of benzene rings is 1. The van der Waals surface area contributed by atoms with Crippen LogP contribution in [0.1, 0.15) is 25.5 Å². The second kappa shape index (κ2) is 5.09. The third-order valence-electron chi connectivity index (χ3n) is 3.75. The van der Waals surface area contributed by atoms with E-state index >= 15 is 0 Å². The van der Waals surface area contributed by atoms with Gasteiger partial charge in [0.1, 0.15) is 0 Å². The van der Waals surface area contributed by atoms with Crippen LogP contribution in [0.5, 0.6) is 0 Å². The number of ether oxygens (including phenoxy) is 1. The Morgan fingerprint density at radius 1 is 1.21 bits per heavy atom. The van der Waals surface area contributed by atoms with Gasteiger partial charge in [-0.25, -0.2) is 0 Å². The van der Waals surface area contributed by atoms with Crippen LogP contribution in [0.4, 0.5) is 0 Å². The minimum atomic E-state index is -2.19. The number of fused-ring (bicyclic) bond motifs is 1. The predicted molar refractivity (Wildman–Crippen MR) is 81.6 cm³/mol. The van der Waals surface area contributed by atoms with E-state index in [-0.39, 0.29) is 6.23 Å². The normalized spacial score (nSPS) is 20.9. The standard InChI is InChI=1S/C12H13N2O.3CH3.Sn/c1-2-6-11-10(5-1)9-13-14(11)12-7-3-4-8-15-12;;;;/h1-2,5-6,12H,3-4,7-8H2;3*1H3;. The molecule has 1 aliphatic heterocycles. The van der Waals surface area contributed by atoms with Gasteiger partial charge in [-0.2, -0.15) is 0 Å². The first kappa shape index (κ1) is 13.4. The van der Waals surface area contributed by atoms with Gasteiger partial charge in [-0.05, 0) is 0 Å². The van der Waals surface area contributed by atoms with Gasteiger partial charge in [0.05, 0.1) is 0 Å². The van der Waals surface area contributed by atoms with Crippen LogP contribution in [0.2, 0.25) is 14.8 Å². The van der Waals surface area contributed by atoms with Gasteiger partial charge >= 0.3 is 119 Å². The molecule has 1 aromatic carbocycles. The number of hydrogen-bond acceptors (Lipinski definition) is 2. The van der Waals surface area contributed by atoms with Crippen LogP contribution in [0.15, 0.2) is 24.3 Å². The van der Waals surface area contributed by atoms with E-state index in [9.17, 15) is 0 Å². The van der Waals surface area contributed by atoms with Gasteiger partial charge in [0.15, 0.2) is 0 Å². The molecule has 0 spiro atoms. The molecule has 0 amide bonds. The first-order chi connectivity index (χ1) is 9.07.